The highest BCUT2D eigenvalue weighted by molar-refractivity contribution is 5.17. The molecule has 1 fully saturated rings. The maximum Gasteiger partial charge on any atom is 0.0469 e. The van der Waals surface area contributed by atoms with E-state index in [-0.39, 0.29) is 0 Å². The lowest BCUT2D eigenvalue weighted by Gasteiger charge is -2.35. The van der Waals surface area contributed by atoms with E-state index in [0.29, 0.717) is 12.0 Å². The summed E-state index contributed by atoms with van der Waals surface area (Å²) in [5.41, 5.74) is 1.38. The van der Waals surface area contributed by atoms with Crippen LogP contribution in [0.1, 0.15) is 44.6 Å². The first kappa shape index (κ1) is 14.5. The lowest BCUT2D eigenvalue weighted by atomic mass is 9.81. The number of hydrogen-bond donors (Lipinski definition) is 1. The number of hydrogen-bond acceptors (Lipinski definition) is 3. The molecule has 1 aliphatic rings. The van der Waals surface area contributed by atoms with Crippen LogP contribution in [0.4, 0.5) is 0 Å². The first-order chi connectivity index (χ1) is 9.33. The van der Waals surface area contributed by atoms with Gasteiger partial charge in [-0.15, -0.1) is 0 Å². The van der Waals surface area contributed by atoms with Gasteiger partial charge in [-0.3, -0.25) is 4.98 Å². The van der Waals surface area contributed by atoms with Gasteiger partial charge in [-0.1, -0.05) is 13.8 Å². The maximum absolute atomic E-state index is 5.50. The van der Waals surface area contributed by atoms with Crippen molar-refractivity contribution in [3.8, 4) is 0 Å². The number of nitrogens with one attached hydrogen (secondary N) is 1. The second-order valence-electron chi connectivity index (χ2n) is 5.50. The van der Waals surface area contributed by atoms with Gasteiger partial charge in [0.25, 0.3) is 0 Å². The van der Waals surface area contributed by atoms with Crippen molar-refractivity contribution in [2.45, 2.75) is 45.1 Å². The molecule has 2 heterocycles. The van der Waals surface area contributed by atoms with E-state index in [2.05, 4.69) is 36.3 Å². The van der Waals surface area contributed by atoms with Crippen molar-refractivity contribution in [3.05, 3.63) is 30.1 Å². The summed E-state index contributed by atoms with van der Waals surface area (Å²) in [6, 6.07) is 4.83. The van der Waals surface area contributed by atoms with Crippen molar-refractivity contribution < 1.29 is 4.74 Å². The minimum atomic E-state index is 0.526. The van der Waals surface area contributed by atoms with Gasteiger partial charge in [0, 0.05) is 31.6 Å². The van der Waals surface area contributed by atoms with Gasteiger partial charge in [-0.2, -0.15) is 0 Å². The Hall–Kier alpha value is -0.930. The molecule has 0 aliphatic carbocycles. The maximum atomic E-state index is 5.50. The zero-order valence-corrected chi connectivity index (χ0v) is 12.1. The number of aromatic nitrogens is 1. The van der Waals surface area contributed by atoms with E-state index >= 15 is 0 Å². The predicted octanol–water partition coefficient (Wildman–Crippen LogP) is 2.98. The monoisotopic (exact) mass is 262 g/mol. The van der Waals surface area contributed by atoms with E-state index in [9.17, 15) is 0 Å². The number of rotatable bonds is 6. The molecule has 0 aromatic carbocycles. The Morgan fingerprint density at radius 2 is 2.00 bits per heavy atom. The van der Waals surface area contributed by atoms with Crippen molar-refractivity contribution in [2.24, 2.45) is 5.92 Å². The zero-order chi connectivity index (χ0) is 13.5. The average molecular weight is 262 g/mol. The Labute approximate surface area is 116 Å². The van der Waals surface area contributed by atoms with Gasteiger partial charge < -0.3 is 10.1 Å². The van der Waals surface area contributed by atoms with E-state index in [1.165, 1.54) is 24.8 Å². The Morgan fingerprint density at radius 1 is 1.32 bits per heavy atom. The molecule has 1 aliphatic heterocycles. The summed E-state index contributed by atoms with van der Waals surface area (Å²) in [5.74, 6) is 1.25. The quantitative estimate of drug-likeness (QED) is 0.856. The molecule has 0 radical (unpaired) electrons. The molecule has 1 saturated heterocycles. The topological polar surface area (TPSA) is 34.1 Å². The zero-order valence-electron chi connectivity index (χ0n) is 12.1. The number of pyridine rings is 1. The molecule has 2 rings (SSSR count). The standard InChI is InChI=1S/C16H26N2O/c1-3-8-18-16(15-6-11-19-12-7-15)13(2)14-4-9-17-10-5-14/h4-5,9-10,13,15-16,18H,3,6-8,11-12H2,1-2H3. The predicted molar refractivity (Wildman–Crippen MR) is 78.3 cm³/mol. The Kier molecular flexibility index (Phi) is 5.80. The van der Waals surface area contributed by atoms with Crippen LogP contribution in [0.25, 0.3) is 0 Å². The van der Waals surface area contributed by atoms with E-state index in [1.807, 2.05) is 12.4 Å². The molecule has 19 heavy (non-hydrogen) atoms. The average Bonchev–Trinajstić information content (AvgIpc) is 2.49. The van der Waals surface area contributed by atoms with Gasteiger partial charge in [0.2, 0.25) is 0 Å². The SMILES string of the molecule is CCCNC(C1CCOCC1)C(C)c1ccncc1. The number of ether oxygens (including phenoxy) is 1. The summed E-state index contributed by atoms with van der Waals surface area (Å²) in [6.07, 6.45) is 7.33. The smallest absolute Gasteiger partial charge is 0.0469 e. The second-order valence-corrected chi connectivity index (χ2v) is 5.50. The molecular weight excluding hydrogens is 236 g/mol. The van der Waals surface area contributed by atoms with Crippen LogP contribution in [0.5, 0.6) is 0 Å². The summed E-state index contributed by atoms with van der Waals surface area (Å²) in [7, 11) is 0. The van der Waals surface area contributed by atoms with Gasteiger partial charge in [0.05, 0.1) is 0 Å². The Balaban J connectivity index is 2.07. The minimum absolute atomic E-state index is 0.526. The molecule has 2 atom stereocenters. The highest BCUT2D eigenvalue weighted by Crippen LogP contribution is 2.29. The third-order valence-electron chi connectivity index (χ3n) is 4.17. The second kappa shape index (κ2) is 7.61. The summed E-state index contributed by atoms with van der Waals surface area (Å²) in [6.45, 7) is 7.48. The van der Waals surface area contributed by atoms with Crippen LogP contribution in [-0.2, 0) is 4.74 Å². The molecular formula is C16H26N2O. The van der Waals surface area contributed by atoms with Crippen molar-refractivity contribution in [2.75, 3.05) is 19.8 Å². The van der Waals surface area contributed by atoms with Crippen LogP contribution in [-0.4, -0.2) is 30.8 Å². The lowest BCUT2D eigenvalue weighted by Crippen LogP contribution is -2.43. The fourth-order valence-corrected chi connectivity index (χ4v) is 3.01. The van der Waals surface area contributed by atoms with Gasteiger partial charge in [0.15, 0.2) is 0 Å². The van der Waals surface area contributed by atoms with Crippen molar-refractivity contribution in [3.63, 3.8) is 0 Å². The number of nitrogens with zero attached hydrogens (tertiary/aromatic N) is 1. The van der Waals surface area contributed by atoms with Crippen LogP contribution < -0.4 is 5.32 Å². The van der Waals surface area contributed by atoms with Crippen LogP contribution in [0.2, 0.25) is 0 Å². The third kappa shape index (κ3) is 4.02. The molecule has 0 spiro atoms. The molecule has 0 bridgehead atoms. The molecule has 3 nitrogen and oxygen atoms in total. The lowest BCUT2D eigenvalue weighted by molar-refractivity contribution is 0.0506. The van der Waals surface area contributed by atoms with E-state index in [4.69, 9.17) is 4.74 Å². The minimum Gasteiger partial charge on any atom is -0.381 e. The summed E-state index contributed by atoms with van der Waals surface area (Å²) in [5, 5.41) is 3.76. The third-order valence-corrected chi connectivity index (χ3v) is 4.17. The van der Waals surface area contributed by atoms with Crippen molar-refractivity contribution in [1.82, 2.24) is 10.3 Å². The summed E-state index contributed by atoms with van der Waals surface area (Å²) in [4.78, 5) is 4.12. The van der Waals surface area contributed by atoms with Gasteiger partial charge in [0.1, 0.15) is 0 Å². The Morgan fingerprint density at radius 3 is 2.63 bits per heavy atom. The Bertz CT molecular complexity index is 349. The summed E-state index contributed by atoms with van der Waals surface area (Å²) < 4.78 is 5.50. The molecule has 106 valence electrons. The van der Waals surface area contributed by atoms with Gasteiger partial charge in [-0.25, -0.2) is 0 Å². The largest absolute Gasteiger partial charge is 0.381 e. The highest BCUT2D eigenvalue weighted by atomic mass is 16.5. The van der Waals surface area contributed by atoms with E-state index < -0.39 is 0 Å². The molecule has 0 amide bonds. The molecule has 1 aromatic rings. The van der Waals surface area contributed by atoms with Crippen molar-refractivity contribution in [1.29, 1.82) is 0 Å². The van der Waals surface area contributed by atoms with Gasteiger partial charge in [-0.05, 0) is 55.3 Å². The van der Waals surface area contributed by atoms with Crippen LogP contribution in [0.3, 0.4) is 0 Å². The highest BCUT2D eigenvalue weighted by Gasteiger charge is 2.28. The normalized spacial score (nSPS) is 20.1. The molecule has 0 saturated carbocycles. The van der Waals surface area contributed by atoms with E-state index in [1.54, 1.807) is 0 Å². The van der Waals surface area contributed by atoms with Crippen LogP contribution >= 0.6 is 0 Å². The van der Waals surface area contributed by atoms with Crippen molar-refractivity contribution >= 4 is 0 Å². The van der Waals surface area contributed by atoms with Gasteiger partial charge >= 0.3 is 0 Å². The fraction of sp³-hybridized carbons (Fsp3) is 0.688. The molecule has 3 heteroatoms. The molecule has 1 aromatic heterocycles. The first-order valence-corrected chi connectivity index (χ1v) is 7.54. The molecule has 2 unspecified atom stereocenters. The summed E-state index contributed by atoms with van der Waals surface area (Å²) >= 11 is 0. The van der Waals surface area contributed by atoms with Crippen LogP contribution in [0, 0.1) is 5.92 Å². The van der Waals surface area contributed by atoms with E-state index in [0.717, 1.165) is 25.7 Å². The molecule has 1 N–H and O–H groups in total. The fourth-order valence-electron chi connectivity index (χ4n) is 3.01. The first-order valence-electron chi connectivity index (χ1n) is 7.54. The van der Waals surface area contributed by atoms with Crippen LogP contribution in [0.15, 0.2) is 24.5 Å².